The third kappa shape index (κ3) is 4.79. The third-order valence-electron chi connectivity index (χ3n) is 5.09. The van der Waals surface area contributed by atoms with Gasteiger partial charge in [0.05, 0.1) is 12.2 Å². The van der Waals surface area contributed by atoms with Crippen LogP contribution in [0.2, 0.25) is 0 Å². The van der Waals surface area contributed by atoms with E-state index in [1.165, 1.54) is 11.1 Å². The Balaban J connectivity index is 0.00000261. The Morgan fingerprint density at radius 3 is 2.78 bits per heavy atom. The number of nitrogens with one attached hydrogen (secondary N) is 2. The zero-order chi connectivity index (χ0) is 18.7. The first-order chi connectivity index (χ1) is 12.4. The fourth-order valence-corrected chi connectivity index (χ4v) is 4.04. The Morgan fingerprint density at radius 1 is 1.37 bits per heavy atom. The number of benzene rings is 1. The van der Waals surface area contributed by atoms with E-state index in [0.29, 0.717) is 17.7 Å². The Hall–Kier alpha value is -1.67. The number of halogens is 1. The average molecular weight is 410 g/mol. The van der Waals surface area contributed by atoms with Gasteiger partial charge in [0.2, 0.25) is 0 Å². The summed E-state index contributed by atoms with van der Waals surface area (Å²) in [6.07, 6.45) is 6.05. The largest absolute Gasteiger partial charge is 0.348 e. The molecule has 1 unspecified atom stereocenters. The van der Waals surface area contributed by atoms with E-state index in [0.717, 1.165) is 31.4 Å². The molecule has 1 amide bonds. The minimum Gasteiger partial charge on any atom is -0.348 e. The smallest absolute Gasteiger partial charge is 0.255 e. The number of nitrogens with zero attached hydrogens (tertiary/aromatic N) is 1. The van der Waals surface area contributed by atoms with Crippen molar-refractivity contribution >= 4 is 30.5 Å². The van der Waals surface area contributed by atoms with Gasteiger partial charge in [-0.3, -0.25) is 4.79 Å². The molecule has 1 aliphatic carbocycles. The number of nitrogens with two attached hydrogens (primary N) is 2. The standard InChI is InChI=1S/C19H27N5OS.ClH/c1-2-9-19(20,21)17(25)22-11-16-12-23-18(26)24(16)15-8-7-13-5-3-4-6-14(13)10-15;/h3-6,12,15H,2,7-11,20-21H2,1H3,(H,22,25)(H,23,26);1H. The molecule has 148 valence electrons. The maximum Gasteiger partial charge on any atom is 0.255 e. The van der Waals surface area contributed by atoms with E-state index in [1.807, 2.05) is 13.1 Å². The van der Waals surface area contributed by atoms with Crippen molar-refractivity contribution in [3.63, 3.8) is 0 Å². The van der Waals surface area contributed by atoms with Gasteiger partial charge in [0.25, 0.3) is 5.91 Å². The molecule has 1 aromatic heterocycles. The number of aromatic amines is 1. The van der Waals surface area contributed by atoms with Crippen molar-refractivity contribution in [1.82, 2.24) is 14.9 Å². The van der Waals surface area contributed by atoms with E-state index < -0.39 is 5.66 Å². The number of fused-ring (bicyclic) bond motifs is 1. The molecule has 1 aliphatic rings. The van der Waals surface area contributed by atoms with Gasteiger partial charge >= 0.3 is 0 Å². The molecule has 1 heterocycles. The van der Waals surface area contributed by atoms with Crippen molar-refractivity contribution in [1.29, 1.82) is 0 Å². The van der Waals surface area contributed by atoms with Crippen LogP contribution >= 0.6 is 24.6 Å². The van der Waals surface area contributed by atoms with Crippen LogP contribution in [0.5, 0.6) is 0 Å². The van der Waals surface area contributed by atoms with Crippen LogP contribution in [-0.4, -0.2) is 21.1 Å². The molecule has 0 radical (unpaired) electrons. The predicted molar refractivity (Wildman–Crippen MR) is 112 cm³/mol. The van der Waals surface area contributed by atoms with E-state index in [1.54, 1.807) is 0 Å². The summed E-state index contributed by atoms with van der Waals surface area (Å²) in [5.41, 5.74) is 14.2. The van der Waals surface area contributed by atoms with Crippen molar-refractivity contribution in [2.24, 2.45) is 11.5 Å². The quantitative estimate of drug-likeness (QED) is 0.435. The van der Waals surface area contributed by atoms with Crippen LogP contribution in [0.4, 0.5) is 0 Å². The van der Waals surface area contributed by atoms with Crippen molar-refractivity contribution < 1.29 is 4.79 Å². The molecule has 0 spiro atoms. The van der Waals surface area contributed by atoms with Gasteiger partial charge in [0.1, 0.15) is 5.66 Å². The van der Waals surface area contributed by atoms with Gasteiger partial charge in [-0.1, -0.05) is 37.6 Å². The van der Waals surface area contributed by atoms with Gasteiger partial charge in [-0.15, -0.1) is 12.4 Å². The molecular weight excluding hydrogens is 382 g/mol. The highest BCUT2D eigenvalue weighted by molar-refractivity contribution is 7.71. The first-order valence-electron chi connectivity index (χ1n) is 9.14. The van der Waals surface area contributed by atoms with Crippen LogP contribution < -0.4 is 16.8 Å². The fourth-order valence-electron chi connectivity index (χ4n) is 3.71. The van der Waals surface area contributed by atoms with E-state index in [-0.39, 0.29) is 24.4 Å². The molecule has 6 N–H and O–H groups in total. The Morgan fingerprint density at radius 2 is 2.07 bits per heavy atom. The molecule has 0 saturated heterocycles. The average Bonchev–Trinajstić information content (AvgIpc) is 2.99. The predicted octanol–water partition coefficient (Wildman–Crippen LogP) is 2.73. The number of carbonyl (C=O) groups is 1. The van der Waals surface area contributed by atoms with E-state index in [2.05, 4.69) is 39.1 Å². The van der Waals surface area contributed by atoms with Gasteiger partial charge in [0.15, 0.2) is 4.77 Å². The van der Waals surface area contributed by atoms with Crippen LogP contribution in [0.15, 0.2) is 30.5 Å². The van der Waals surface area contributed by atoms with E-state index >= 15 is 0 Å². The molecule has 8 heteroatoms. The minimum absolute atomic E-state index is 0. The lowest BCUT2D eigenvalue weighted by atomic mass is 9.88. The normalized spacial score (nSPS) is 16.3. The lowest BCUT2D eigenvalue weighted by molar-refractivity contribution is -0.126. The number of amides is 1. The zero-order valence-corrected chi connectivity index (χ0v) is 17.2. The molecular formula is C19H28ClN5OS. The molecule has 0 fully saturated rings. The van der Waals surface area contributed by atoms with Crippen molar-refractivity contribution in [2.75, 3.05) is 0 Å². The molecule has 1 aromatic carbocycles. The molecule has 2 aromatic rings. The van der Waals surface area contributed by atoms with Gasteiger partial charge in [-0.25, -0.2) is 0 Å². The molecule has 3 rings (SSSR count). The summed E-state index contributed by atoms with van der Waals surface area (Å²) in [5, 5.41) is 2.86. The highest BCUT2D eigenvalue weighted by atomic mass is 35.5. The number of hydrogen-bond donors (Lipinski definition) is 4. The summed E-state index contributed by atoms with van der Waals surface area (Å²) in [6, 6.07) is 8.82. The van der Waals surface area contributed by atoms with Crippen LogP contribution in [0, 0.1) is 4.77 Å². The van der Waals surface area contributed by atoms with Crippen molar-refractivity contribution in [3.05, 3.63) is 52.1 Å². The first kappa shape index (κ1) is 21.6. The van der Waals surface area contributed by atoms with Crippen LogP contribution in [0.1, 0.15) is 49.0 Å². The summed E-state index contributed by atoms with van der Waals surface area (Å²) >= 11 is 5.49. The number of aromatic nitrogens is 2. The zero-order valence-electron chi connectivity index (χ0n) is 15.5. The van der Waals surface area contributed by atoms with Gasteiger partial charge in [0, 0.05) is 12.2 Å². The minimum atomic E-state index is -1.34. The molecule has 1 atom stereocenters. The molecule has 6 nitrogen and oxygen atoms in total. The summed E-state index contributed by atoms with van der Waals surface area (Å²) in [4.78, 5) is 15.4. The summed E-state index contributed by atoms with van der Waals surface area (Å²) in [6.45, 7) is 2.30. The highest BCUT2D eigenvalue weighted by Gasteiger charge is 2.28. The van der Waals surface area contributed by atoms with Crippen LogP contribution in [0.25, 0.3) is 0 Å². The van der Waals surface area contributed by atoms with Gasteiger partial charge in [-0.05, 0) is 49.0 Å². The van der Waals surface area contributed by atoms with E-state index in [9.17, 15) is 4.79 Å². The number of rotatable bonds is 6. The van der Waals surface area contributed by atoms with Crippen LogP contribution in [0.3, 0.4) is 0 Å². The second-order valence-corrected chi connectivity index (χ2v) is 7.48. The topological polar surface area (TPSA) is 102 Å². The van der Waals surface area contributed by atoms with Crippen LogP contribution in [-0.2, 0) is 24.2 Å². The lowest BCUT2D eigenvalue weighted by Gasteiger charge is -2.28. The first-order valence-corrected chi connectivity index (χ1v) is 9.55. The highest BCUT2D eigenvalue weighted by Crippen LogP contribution is 2.30. The molecule has 0 saturated carbocycles. The second kappa shape index (κ2) is 9.01. The third-order valence-corrected chi connectivity index (χ3v) is 5.41. The fraction of sp³-hybridized carbons (Fsp3) is 0.474. The number of aryl methyl sites for hydroxylation is 1. The Labute approximate surface area is 171 Å². The summed E-state index contributed by atoms with van der Waals surface area (Å²) in [7, 11) is 0. The van der Waals surface area contributed by atoms with Gasteiger partial charge < -0.3 is 26.3 Å². The number of imidazole rings is 1. The van der Waals surface area contributed by atoms with Crippen molar-refractivity contribution in [2.45, 2.75) is 57.3 Å². The number of H-pyrrole nitrogens is 1. The Bertz CT molecular complexity index is 845. The molecule has 0 aliphatic heterocycles. The van der Waals surface area contributed by atoms with E-state index in [4.69, 9.17) is 23.7 Å². The summed E-state index contributed by atoms with van der Waals surface area (Å²) in [5.74, 6) is -0.341. The Kier molecular flexibility index (Phi) is 7.22. The SMILES string of the molecule is CCCC(N)(N)C(=O)NCc1c[nH]c(=S)n1C1CCc2ccccc2C1.Cl. The summed E-state index contributed by atoms with van der Waals surface area (Å²) < 4.78 is 2.80. The number of hydrogen-bond acceptors (Lipinski definition) is 4. The monoisotopic (exact) mass is 409 g/mol. The van der Waals surface area contributed by atoms with Gasteiger partial charge in [-0.2, -0.15) is 0 Å². The molecule has 27 heavy (non-hydrogen) atoms. The maximum atomic E-state index is 12.3. The maximum absolute atomic E-state index is 12.3. The van der Waals surface area contributed by atoms with Crippen molar-refractivity contribution in [3.8, 4) is 0 Å². The second-order valence-electron chi connectivity index (χ2n) is 7.09. The number of carbonyl (C=O) groups excluding carboxylic acids is 1. The molecule has 0 bridgehead atoms. The lowest BCUT2D eigenvalue weighted by Crippen LogP contribution is -2.60.